The summed E-state index contributed by atoms with van der Waals surface area (Å²) in [5, 5.41) is 4.89. The van der Waals surface area contributed by atoms with Crippen LogP contribution in [-0.4, -0.2) is 71.7 Å². The van der Waals surface area contributed by atoms with Gasteiger partial charge in [0, 0.05) is 37.1 Å². The summed E-state index contributed by atoms with van der Waals surface area (Å²) in [5.41, 5.74) is 4.12. The number of imidazole rings is 1. The molecule has 43 heavy (non-hydrogen) atoms. The van der Waals surface area contributed by atoms with Crippen LogP contribution in [0, 0.1) is 6.92 Å². The summed E-state index contributed by atoms with van der Waals surface area (Å²) >= 11 is 0. The highest BCUT2D eigenvalue weighted by Gasteiger charge is 2.28. The zero-order valence-corrected chi connectivity index (χ0v) is 26.3. The molecular formula is C32H38N4O6S. The number of likely N-dealkylation sites (tertiary alicyclic amines) is 1. The lowest BCUT2D eigenvalue weighted by Gasteiger charge is -2.33. The molecule has 0 spiro atoms. The number of aromatic nitrogens is 3. The van der Waals surface area contributed by atoms with E-state index in [-0.39, 0.29) is 18.0 Å². The van der Waals surface area contributed by atoms with E-state index in [9.17, 15) is 13.2 Å². The summed E-state index contributed by atoms with van der Waals surface area (Å²) in [6.07, 6.45) is 1.03. The molecule has 1 amide bonds. The Kier molecular flexibility index (Phi) is 8.38. The van der Waals surface area contributed by atoms with Crippen molar-refractivity contribution in [1.82, 2.24) is 19.5 Å². The van der Waals surface area contributed by atoms with E-state index < -0.39 is 15.4 Å². The van der Waals surface area contributed by atoms with Crippen molar-refractivity contribution in [3.05, 3.63) is 60.3 Å². The average molecular weight is 607 g/mol. The monoisotopic (exact) mass is 606 g/mol. The first-order valence-corrected chi connectivity index (χ1v) is 16.1. The summed E-state index contributed by atoms with van der Waals surface area (Å²) in [5.74, 6) is 1.26. The number of piperidine rings is 1. The number of amides is 1. The third-order valence-electron chi connectivity index (χ3n) is 7.37. The van der Waals surface area contributed by atoms with Gasteiger partial charge in [0.05, 0.1) is 34.8 Å². The molecule has 0 saturated carbocycles. The number of rotatable bonds is 7. The molecule has 4 aromatic rings. The Morgan fingerprint density at radius 2 is 1.65 bits per heavy atom. The summed E-state index contributed by atoms with van der Waals surface area (Å²) in [6, 6.07) is 16.4. The fourth-order valence-electron chi connectivity index (χ4n) is 5.10. The number of fused-ring (bicyclic) bond motifs is 1. The maximum Gasteiger partial charge on any atom is 0.410 e. The normalized spacial score (nSPS) is 14.6. The van der Waals surface area contributed by atoms with E-state index >= 15 is 0 Å². The lowest BCUT2D eigenvalue weighted by molar-refractivity contribution is 0.0124. The summed E-state index contributed by atoms with van der Waals surface area (Å²) in [7, 11) is -1.69. The molecule has 228 valence electrons. The minimum atomic E-state index is -3.29. The summed E-state index contributed by atoms with van der Waals surface area (Å²) in [6.45, 7) is 10.3. The van der Waals surface area contributed by atoms with Gasteiger partial charge in [0.15, 0.2) is 27.0 Å². The second-order valence-corrected chi connectivity index (χ2v) is 13.9. The van der Waals surface area contributed by atoms with Crippen LogP contribution in [0.15, 0.2) is 59.5 Å². The van der Waals surface area contributed by atoms with Gasteiger partial charge in [-0.05, 0) is 70.2 Å². The van der Waals surface area contributed by atoms with Gasteiger partial charge >= 0.3 is 6.09 Å². The largest absolute Gasteiger partial charge is 0.493 e. The third-order valence-corrected chi connectivity index (χ3v) is 9.12. The maximum atomic E-state index is 12.4. The van der Waals surface area contributed by atoms with Crippen LogP contribution in [0.5, 0.6) is 11.5 Å². The van der Waals surface area contributed by atoms with Crippen LogP contribution in [0.2, 0.25) is 0 Å². The van der Waals surface area contributed by atoms with Gasteiger partial charge in [-0.25, -0.2) is 22.7 Å². The molecule has 0 unspecified atom stereocenters. The Morgan fingerprint density at radius 1 is 0.977 bits per heavy atom. The fourth-order valence-corrected chi connectivity index (χ4v) is 5.99. The Hall–Kier alpha value is -4.12. The number of benzene rings is 2. The third kappa shape index (κ3) is 6.61. The van der Waals surface area contributed by atoms with E-state index in [0.717, 1.165) is 22.5 Å². The minimum Gasteiger partial charge on any atom is -0.493 e. The van der Waals surface area contributed by atoms with Gasteiger partial charge in [0.2, 0.25) is 0 Å². The second-order valence-electron chi connectivity index (χ2n) is 11.6. The minimum absolute atomic E-state index is 0.0482. The van der Waals surface area contributed by atoms with Gasteiger partial charge in [-0.3, -0.25) is 0 Å². The van der Waals surface area contributed by atoms with Crippen LogP contribution in [0.25, 0.3) is 28.2 Å². The molecule has 10 nitrogen and oxygen atoms in total. The number of hydrogen-bond donors (Lipinski definition) is 0. The molecule has 1 aliphatic rings. The van der Waals surface area contributed by atoms with Crippen LogP contribution in [-0.2, 0) is 14.6 Å². The van der Waals surface area contributed by atoms with Crippen molar-refractivity contribution in [3.63, 3.8) is 0 Å². The van der Waals surface area contributed by atoms with Crippen molar-refractivity contribution in [2.75, 3.05) is 26.0 Å². The van der Waals surface area contributed by atoms with E-state index in [1.165, 1.54) is 0 Å². The first-order chi connectivity index (χ1) is 20.4. The Balaban J connectivity index is 1.35. The number of sulfone groups is 1. The maximum absolute atomic E-state index is 12.4. The molecular weight excluding hydrogens is 568 g/mol. The average Bonchev–Trinajstić information content (AvgIpc) is 3.31. The molecule has 1 fully saturated rings. The Morgan fingerprint density at radius 3 is 2.28 bits per heavy atom. The molecule has 1 aliphatic heterocycles. The predicted octanol–water partition coefficient (Wildman–Crippen LogP) is 5.95. The zero-order chi connectivity index (χ0) is 30.9. The fraction of sp³-hybridized carbons (Fsp3) is 0.406. The molecule has 2 aromatic heterocycles. The van der Waals surface area contributed by atoms with Crippen molar-refractivity contribution < 1.29 is 27.4 Å². The molecule has 11 heteroatoms. The van der Waals surface area contributed by atoms with Crippen LogP contribution in [0.1, 0.15) is 46.2 Å². The summed E-state index contributed by atoms with van der Waals surface area (Å²) < 4.78 is 43.8. The van der Waals surface area contributed by atoms with Crippen LogP contribution in [0.4, 0.5) is 4.79 Å². The van der Waals surface area contributed by atoms with E-state index in [1.807, 2.05) is 58.0 Å². The molecule has 3 heterocycles. The zero-order valence-electron chi connectivity index (χ0n) is 25.5. The van der Waals surface area contributed by atoms with E-state index in [0.29, 0.717) is 53.7 Å². The van der Waals surface area contributed by atoms with E-state index in [4.69, 9.17) is 19.3 Å². The standard InChI is InChI=1S/C32H38N4O6S/c1-7-43(38,39)25-11-8-22(9-12-25)30-21(2)33-29-15-13-26(34-36(29)30)23-10-14-27(28(20-23)40-6)41-24-16-18-35(19-17-24)31(37)42-32(3,4)5/h8-15,20,24H,7,16-19H2,1-6H3. The van der Waals surface area contributed by atoms with Crippen LogP contribution >= 0.6 is 0 Å². The topological polar surface area (TPSA) is 112 Å². The second kappa shape index (κ2) is 11.9. The molecule has 2 aromatic carbocycles. The van der Waals surface area contributed by atoms with Gasteiger partial charge in [0.25, 0.3) is 0 Å². The molecule has 0 N–H and O–H groups in total. The van der Waals surface area contributed by atoms with Crippen LogP contribution < -0.4 is 9.47 Å². The Bertz CT molecular complexity index is 1730. The number of methoxy groups -OCH3 is 1. The molecule has 5 rings (SSSR count). The predicted molar refractivity (Wildman–Crippen MR) is 164 cm³/mol. The number of carbonyl (C=O) groups excluding carboxylic acids is 1. The van der Waals surface area contributed by atoms with Gasteiger partial charge < -0.3 is 19.1 Å². The quantitative estimate of drug-likeness (QED) is 0.254. The lowest BCUT2D eigenvalue weighted by Crippen LogP contribution is -2.44. The molecule has 0 aliphatic carbocycles. The van der Waals surface area contributed by atoms with Crippen LogP contribution in [0.3, 0.4) is 0 Å². The van der Waals surface area contributed by atoms with Gasteiger partial charge in [-0.1, -0.05) is 19.1 Å². The number of ether oxygens (including phenoxy) is 3. The molecule has 0 bridgehead atoms. The van der Waals surface area contributed by atoms with Crippen molar-refractivity contribution >= 4 is 21.6 Å². The van der Waals surface area contributed by atoms with Gasteiger partial charge in [-0.15, -0.1) is 0 Å². The van der Waals surface area contributed by atoms with Crippen molar-refractivity contribution in [1.29, 1.82) is 0 Å². The van der Waals surface area contributed by atoms with Crippen molar-refractivity contribution in [2.45, 2.75) is 64.1 Å². The number of carbonyl (C=O) groups is 1. The first kappa shape index (κ1) is 30.3. The molecule has 1 saturated heterocycles. The lowest BCUT2D eigenvalue weighted by atomic mass is 10.1. The SMILES string of the molecule is CCS(=O)(=O)c1ccc(-c2c(C)nc3ccc(-c4ccc(OC5CCN(C(=O)OC(C)(C)C)CC5)c(OC)c4)nn23)cc1. The van der Waals surface area contributed by atoms with Gasteiger partial charge in [0.1, 0.15) is 11.7 Å². The molecule has 0 radical (unpaired) electrons. The van der Waals surface area contributed by atoms with E-state index in [2.05, 4.69) is 4.98 Å². The van der Waals surface area contributed by atoms with Gasteiger partial charge in [-0.2, -0.15) is 5.10 Å². The summed E-state index contributed by atoms with van der Waals surface area (Å²) in [4.78, 5) is 19.1. The smallest absolute Gasteiger partial charge is 0.410 e. The molecule has 0 atom stereocenters. The number of hydrogen-bond acceptors (Lipinski definition) is 8. The number of aryl methyl sites for hydroxylation is 1. The highest BCUT2D eigenvalue weighted by Crippen LogP contribution is 2.35. The number of nitrogens with zero attached hydrogens (tertiary/aromatic N) is 4. The first-order valence-electron chi connectivity index (χ1n) is 14.4. The highest BCUT2D eigenvalue weighted by molar-refractivity contribution is 7.91. The highest BCUT2D eigenvalue weighted by atomic mass is 32.2. The Labute approximate surface area is 252 Å². The van der Waals surface area contributed by atoms with Crippen molar-refractivity contribution in [3.8, 4) is 34.0 Å². The van der Waals surface area contributed by atoms with Crippen molar-refractivity contribution in [2.24, 2.45) is 0 Å². The van der Waals surface area contributed by atoms with E-state index in [1.54, 1.807) is 47.7 Å².